The van der Waals surface area contributed by atoms with E-state index in [0.717, 1.165) is 4.90 Å². The molecular formula is C28H15N2O6-. The number of nitrogens with zero attached hydrogens (tertiary/aromatic N) is 2. The standard InChI is InChI=1S/C28H16N2O6/c29-16-17-5-9-20(10-6-17)36-25-4-2-1-3-24(25)30-26(31)22-14-13-21(15-23(22)27(30)32)35-19-11-7-18(8-12-19)28(33)34/h1-15H,(H,33,34)/p-1. The molecule has 8 heteroatoms. The highest BCUT2D eigenvalue weighted by Gasteiger charge is 2.38. The van der Waals surface area contributed by atoms with Crippen LogP contribution in [0.25, 0.3) is 0 Å². The van der Waals surface area contributed by atoms with Crippen LogP contribution in [0, 0.1) is 11.3 Å². The maximum absolute atomic E-state index is 13.3. The number of benzene rings is 4. The number of carbonyl (C=O) groups is 3. The van der Waals surface area contributed by atoms with Crippen LogP contribution < -0.4 is 19.5 Å². The van der Waals surface area contributed by atoms with Crippen molar-refractivity contribution in [3.63, 3.8) is 0 Å². The van der Waals surface area contributed by atoms with Crippen LogP contribution in [-0.4, -0.2) is 17.8 Å². The third kappa shape index (κ3) is 4.13. The highest BCUT2D eigenvalue weighted by atomic mass is 16.5. The molecule has 5 rings (SSSR count). The molecule has 0 saturated heterocycles. The summed E-state index contributed by atoms with van der Waals surface area (Å²) < 4.78 is 11.7. The molecule has 0 bridgehead atoms. The zero-order valence-corrected chi connectivity index (χ0v) is 18.5. The number of hydrogen-bond acceptors (Lipinski definition) is 7. The number of rotatable bonds is 6. The van der Waals surface area contributed by atoms with E-state index in [1.807, 2.05) is 6.07 Å². The number of imide groups is 1. The summed E-state index contributed by atoms with van der Waals surface area (Å²) in [4.78, 5) is 38.4. The van der Waals surface area contributed by atoms with Gasteiger partial charge in [-0.25, -0.2) is 4.90 Å². The molecular weight excluding hydrogens is 460 g/mol. The first-order valence-electron chi connectivity index (χ1n) is 10.7. The Labute approximate surface area is 205 Å². The number of fused-ring (bicyclic) bond motifs is 1. The number of para-hydroxylation sites is 2. The minimum absolute atomic E-state index is 0.00890. The fourth-order valence-corrected chi connectivity index (χ4v) is 3.75. The van der Waals surface area contributed by atoms with Gasteiger partial charge in [0, 0.05) is 0 Å². The maximum Gasteiger partial charge on any atom is 0.266 e. The van der Waals surface area contributed by atoms with Crippen molar-refractivity contribution >= 4 is 23.5 Å². The molecule has 1 aliphatic heterocycles. The molecule has 0 aromatic heterocycles. The number of hydrogen-bond donors (Lipinski definition) is 0. The smallest absolute Gasteiger partial charge is 0.266 e. The third-order valence-electron chi connectivity index (χ3n) is 5.50. The van der Waals surface area contributed by atoms with Gasteiger partial charge in [-0.15, -0.1) is 0 Å². The predicted molar refractivity (Wildman–Crippen MR) is 126 cm³/mol. The molecule has 174 valence electrons. The molecule has 4 aromatic rings. The summed E-state index contributed by atoms with van der Waals surface area (Å²) in [7, 11) is 0. The van der Waals surface area contributed by atoms with Gasteiger partial charge in [0.2, 0.25) is 0 Å². The monoisotopic (exact) mass is 475 g/mol. The van der Waals surface area contributed by atoms with E-state index in [9.17, 15) is 19.5 Å². The predicted octanol–water partition coefficient (Wildman–Crippen LogP) is 4.31. The first-order valence-corrected chi connectivity index (χ1v) is 10.7. The first-order chi connectivity index (χ1) is 17.4. The molecule has 4 aromatic carbocycles. The molecule has 0 radical (unpaired) electrons. The van der Waals surface area contributed by atoms with Gasteiger partial charge in [-0.2, -0.15) is 5.26 Å². The van der Waals surface area contributed by atoms with E-state index in [4.69, 9.17) is 14.7 Å². The Morgan fingerprint density at radius 2 is 1.36 bits per heavy atom. The zero-order valence-electron chi connectivity index (χ0n) is 18.5. The van der Waals surface area contributed by atoms with Crippen LogP contribution in [0.3, 0.4) is 0 Å². The molecule has 0 fully saturated rings. The number of carboxylic acid groups (broad SMARTS) is 1. The van der Waals surface area contributed by atoms with E-state index in [-0.39, 0.29) is 22.4 Å². The van der Waals surface area contributed by atoms with Crippen LogP contribution in [0.1, 0.15) is 36.6 Å². The van der Waals surface area contributed by atoms with Crippen molar-refractivity contribution < 1.29 is 29.0 Å². The summed E-state index contributed by atoms with van der Waals surface area (Å²) in [5, 5.41) is 19.9. The topological polar surface area (TPSA) is 120 Å². The van der Waals surface area contributed by atoms with Gasteiger partial charge in [-0.1, -0.05) is 12.1 Å². The van der Waals surface area contributed by atoms with Crippen LogP contribution in [0.15, 0.2) is 91.0 Å². The van der Waals surface area contributed by atoms with E-state index in [1.165, 1.54) is 36.4 Å². The van der Waals surface area contributed by atoms with Crippen molar-refractivity contribution in [2.24, 2.45) is 0 Å². The van der Waals surface area contributed by atoms with Crippen molar-refractivity contribution in [2.45, 2.75) is 0 Å². The van der Waals surface area contributed by atoms with Crippen molar-refractivity contribution in [1.29, 1.82) is 5.26 Å². The van der Waals surface area contributed by atoms with E-state index < -0.39 is 17.8 Å². The largest absolute Gasteiger partial charge is 0.545 e. The lowest BCUT2D eigenvalue weighted by Gasteiger charge is -2.18. The fourth-order valence-electron chi connectivity index (χ4n) is 3.75. The number of carbonyl (C=O) groups excluding carboxylic acids is 3. The van der Waals surface area contributed by atoms with Gasteiger partial charge < -0.3 is 19.4 Å². The summed E-state index contributed by atoms with van der Waals surface area (Å²) in [6.45, 7) is 0. The quantitative estimate of drug-likeness (QED) is 0.381. The maximum atomic E-state index is 13.3. The zero-order chi connectivity index (χ0) is 25.2. The van der Waals surface area contributed by atoms with Gasteiger partial charge >= 0.3 is 0 Å². The summed E-state index contributed by atoms with van der Waals surface area (Å²) in [5.41, 5.74) is 1.14. The summed E-state index contributed by atoms with van der Waals surface area (Å²) in [6, 6.07) is 25.3. The highest BCUT2D eigenvalue weighted by molar-refractivity contribution is 6.35. The molecule has 0 atom stereocenters. The Bertz CT molecular complexity index is 1550. The number of ether oxygens (including phenoxy) is 2. The molecule has 1 aliphatic rings. The molecule has 0 aliphatic carbocycles. The van der Waals surface area contributed by atoms with Gasteiger partial charge in [0.1, 0.15) is 17.2 Å². The molecule has 0 saturated carbocycles. The van der Waals surface area contributed by atoms with Crippen molar-refractivity contribution in [3.8, 4) is 29.1 Å². The Morgan fingerprint density at radius 3 is 2.06 bits per heavy atom. The van der Waals surface area contributed by atoms with E-state index in [0.29, 0.717) is 28.6 Å². The molecule has 0 unspecified atom stereocenters. The first kappa shape index (κ1) is 22.4. The van der Waals surface area contributed by atoms with Crippen molar-refractivity contribution in [1.82, 2.24) is 0 Å². The average molecular weight is 475 g/mol. The summed E-state index contributed by atoms with van der Waals surface area (Å²) in [5.74, 6) is -0.944. The number of carboxylic acids is 1. The van der Waals surface area contributed by atoms with Crippen LogP contribution >= 0.6 is 0 Å². The van der Waals surface area contributed by atoms with E-state index in [1.54, 1.807) is 54.6 Å². The number of aromatic carboxylic acids is 1. The van der Waals surface area contributed by atoms with Crippen LogP contribution in [-0.2, 0) is 0 Å². The van der Waals surface area contributed by atoms with E-state index >= 15 is 0 Å². The number of anilines is 1. The molecule has 2 amide bonds. The Morgan fingerprint density at radius 1 is 0.750 bits per heavy atom. The normalized spacial score (nSPS) is 12.1. The average Bonchev–Trinajstić information content (AvgIpc) is 3.14. The lowest BCUT2D eigenvalue weighted by atomic mass is 10.1. The van der Waals surface area contributed by atoms with Crippen molar-refractivity contribution in [3.05, 3.63) is 113 Å². The lowest BCUT2D eigenvalue weighted by Crippen LogP contribution is -2.29. The second-order valence-electron chi connectivity index (χ2n) is 7.77. The molecule has 8 nitrogen and oxygen atoms in total. The lowest BCUT2D eigenvalue weighted by molar-refractivity contribution is -0.255. The molecule has 0 N–H and O–H groups in total. The van der Waals surface area contributed by atoms with Gasteiger partial charge in [0.15, 0.2) is 5.75 Å². The molecule has 1 heterocycles. The van der Waals surface area contributed by atoms with E-state index in [2.05, 4.69) is 0 Å². The number of nitriles is 1. The third-order valence-corrected chi connectivity index (χ3v) is 5.50. The fraction of sp³-hybridized carbons (Fsp3) is 0. The molecule has 36 heavy (non-hydrogen) atoms. The van der Waals surface area contributed by atoms with Crippen LogP contribution in [0.2, 0.25) is 0 Å². The summed E-state index contributed by atoms with van der Waals surface area (Å²) >= 11 is 0. The van der Waals surface area contributed by atoms with Crippen LogP contribution in [0.4, 0.5) is 5.69 Å². The van der Waals surface area contributed by atoms with Gasteiger partial charge in [0.25, 0.3) is 11.8 Å². The second kappa shape index (κ2) is 9.08. The SMILES string of the molecule is N#Cc1ccc(Oc2ccccc2N2C(=O)c3ccc(Oc4ccc(C(=O)[O-])cc4)cc3C2=O)cc1. The van der Waals surface area contributed by atoms with Gasteiger partial charge in [0.05, 0.1) is 34.4 Å². The van der Waals surface area contributed by atoms with Gasteiger partial charge in [-0.3, -0.25) is 9.59 Å². The van der Waals surface area contributed by atoms with Crippen LogP contribution in [0.5, 0.6) is 23.0 Å². The summed E-state index contributed by atoms with van der Waals surface area (Å²) in [6.07, 6.45) is 0. The minimum atomic E-state index is -1.30. The second-order valence-corrected chi connectivity index (χ2v) is 7.77. The molecule has 0 spiro atoms. The highest BCUT2D eigenvalue weighted by Crippen LogP contribution is 2.38. The Kier molecular flexibility index (Phi) is 5.64. The van der Waals surface area contributed by atoms with Crippen molar-refractivity contribution in [2.75, 3.05) is 4.90 Å². The van der Waals surface area contributed by atoms with Gasteiger partial charge in [-0.05, 0) is 84.4 Å². The Balaban J connectivity index is 1.42. The Hall–Kier alpha value is -5.42. The number of amides is 2. The minimum Gasteiger partial charge on any atom is -0.545 e.